The van der Waals surface area contributed by atoms with Gasteiger partial charge in [0, 0.05) is 5.56 Å². The minimum Gasteiger partial charge on any atom is -0.497 e. The number of halogens is 1. The summed E-state index contributed by atoms with van der Waals surface area (Å²) in [5.41, 5.74) is 2.42. The van der Waals surface area contributed by atoms with Crippen LogP contribution >= 0.6 is 0 Å². The van der Waals surface area contributed by atoms with Crippen molar-refractivity contribution in [3.8, 4) is 5.75 Å². The van der Waals surface area contributed by atoms with E-state index < -0.39 is 0 Å². The maximum atomic E-state index is 13.2. The normalized spacial score (nSPS) is 10.2. The van der Waals surface area contributed by atoms with Gasteiger partial charge in [0.15, 0.2) is 0 Å². The van der Waals surface area contributed by atoms with E-state index in [9.17, 15) is 9.18 Å². The van der Waals surface area contributed by atoms with Crippen LogP contribution in [0.15, 0.2) is 42.5 Å². The van der Waals surface area contributed by atoms with Gasteiger partial charge in [0.05, 0.1) is 7.11 Å². The van der Waals surface area contributed by atoms with E-state index in [-0.39, 0.29) is 5.82 Å². The second kappa shape index (κ2) is 6.14. The maximum absolute atomic E-state index is 13.2. The Kier molecular flexibility index (Phi) is 4.29. The summed E-state index contributed by atoms with van der Waals surface area (Å²) in [6.45, 7) is 0. The van der Waals surface area contributed by atoms with Gasteiger partial charge in [-0.3, -0.25) is 4.79 Å². The molecule has 0 fully saturated rings. The molecule has 2 aromatic rings. The van der Waals surface area contributed by atoms with Crippen molar-refractivity contribution in [2.24, 2.45) is 0 Å². The van der Waals surface area contributed by atoms with Gasteiger partial charge in [0.1, 0.15) is 17.9 Å². The molecule has 0 amide bonds. The molecule has 0 aliphatic heterocycles. The Bertz CT molecular complexity index is 561. The van der Waals surface area contributed by atoms with Crippen molar-refractivity contribution in [3.05, 3.63) is 65.0 Å². The number of carbonyl (C=O) groups is 1. The SMILES string of the molecule is COc1ccc(CCc2cc(F)ccc2C=O)cc1. The van der Waals surface area contributed by atoms with Crippen molar-refractivity contribution in [2.75, 3.05) is 7.11 Å². The fraction of sp³-hybridized carbons (Fsp3) is 0.188. The molecule has 0 unspecified atom stereocenters. The number of carbonyl (C=O) groups excluding carboxylic acids is 1. The van der Waals surface area contributed by atoms with Crippen LogP contribution in [0.2, 0.25) is 0 Å². The first-order valence-electron chi connectivity index (χ1n) is 6.09. The smallest absolute Gasteiger partial charge is 0.150 e. The van der Waals surface area contributed by atoms with Gasteiger partial charge in [0.25, 0.3) is 0 Å². The molecule has 0 saturated heterocycles. The van der Waals surface area contributed by atoms with Gasteiger partial charge in [-0.15, -0.1) is 0 Å². The Balaban J connectivity index is 2.09. The molecule has 0 N–H and O–H groups in total. The van der Waals surface area contributed by atoms with E-state index in [2.05, 4.69) is 0 Å². The van der Waals surface area contributed by atoms with Gasteiger partial charge in [0.2, 0.25) is 0 Å². The molecule has 0 atom stereocenters. The van der Waals surface area contributed by atoms with Crippen molar-refractivity contribution in [1.29, 1.82) is 0 Å². The Hall–Kier alpha value is -2.16. The van der Waals surface area contributed by atoms with Gasteiger partial charge < -0.3 is 4.74 Å². The van der Waals surface area contributed by atoms with Crippen LogP contribution < -0.4 is 4.74 Å². The number of aryl methyl sites for hydroxylation is 2. The lowest BCUT2D eigenvalue weighted by Gasteiger charge is -2.06. The molecule has 0 aromatic heterocycles. The Morgan fingerprint density at radius 3 is 2.47 bits per heavy atom. The zero-order valence-electron chi connectivity index (χ0n) is 10.7. The zero-order valence-corrected chi connectivity index (χ0v) is 10.7. The van der Waals surface area contributed by atoms with Gasteiger partial charge in [-0.25, -0.2) is 4.39 Å². The number of aldehydes is 1. The molecule has 0 radical (unpaired) electrons. The quantitative estimate of drug-likeness (QED) is 0.768. The van der Waals surface area contributed by atoms with Crippen LogP contribution in [0.1, 0.15) is 21.5 Å². The van der Waals surface area contributed by atoms with Crippen LogP contribution in [0.5, 0.6) is 5.75 Å². The largest absolute Gasteiger partial charge is 0.497 e. The standard InChI is InChI=1S/C16H15FO2/c1-19-16-8-3-12(4-9-16)2-5-13-10-15(17)7-6-14(13)11-18/h3-4,6-11H,2,5H2,1H3. The summed E-state index contributed by atoms with van der Waals surface area (Å²) in [4.78, 5) is 10.9. The third-order valence-electron chi connectivity index (χ3n) is 3.07. The summed E-state index contributed by atoms with van der Waals surface area (Å²) in [5, 5.41) is 0. The van der Waals surface area contributed by atoms with E-state index in [1.54, 1.807) is 7.11 Å². The first-order valence-corrected chi connectivity index (χ1v) is 6.09. The topological polar surface area (TPSA) is 26.3 Å². The lowest BCUT2D eigenvalue weighted by Crippen LogP contribution is -1.97. The third kappa shape index (κ3) is 3.41. The molecule has 2 rings (SSSR count). The van der Waals surface area contributed by atoms with Gasteiger partial charge in [-0.1, -0.05) is 12.1 Å². The Labute approximate surface area is 111 Å². The highest BCUT2D eigenvalue weighted by atomic mass is 19.1. The van der Waals surface area contributed by atoms with E-state index in [4.69, 9.17) is 4.74 Å². The van der Waals surface area contributed by atoms with Crippen LogP contribution in [-0.4, -0.2) is 13.4 Å². The summed E-state index contributed by atoms with van der Waals surface area (Å²) < 4.78 is 18.3. The van der Waals surface area contributed by atoms with E-state index in [1.807, 2.05) is 24.3 Å². The number of hydrogen-bond donors (Lipinski definition) is 0. The van der Waals surface area contributed by atoms with Crippen molar-refractivity contribution in [2.45, 2.75) is 12.8 Å². The molecule has 0 heterocycles. The van der Waals surface area contributed by atoms with E-state index in [0.29, 0.717) is 12.0 Å². The van der Waals surface area contributed by atoms with E-state index in [0.717, 1.165) is 29.6 Å². The maximum Gasteiger partial charge on any atom is 0.150 e. The average Bonchev–Trinajstić information content (AvgIpc) is 2.46. The summed E-state index contributed by atoms with van der Waals surface area (Å²) >= 11 is 0. The number of methoxy groups -OCH3 is 1. The monoisotopic (exact) mass is 258 g/mol. The Morgan fingerprint density at radius 2 is 1.84 bits per heavy atom. The van der Waals surface area contributed by atoms with Gasteiger partial charge >= 0.3 is 0 Å². The Morgan fingerprint density at radius 1 is 1.11 bits per heavy atom. The summed E-state index contributed by atoms with van der Waals surface area (Å²) in [6, 6.07) is 12.0. The molecule has 2 aromatic carbocycles. The first kappa shape index (κ1) is 13.3. The minimum atomic E-state index is -0.310. The van der Waals surface area contributed by atoms with Crippen LogP contribution in [-0.2, 0) is 12.8 Å². The molecule has 0 saturated carbocycles. The lowest BCUT2D eigenvalue weighted by atomic mass is 10.0. The first-order chi connectivity index (χ1) is 9.22. The highest BCUT2D eigenvalue weighted by Gasteiger charge is 2.04. The molecular formula is C16H15FO2. The molecule has 3 heteroatoms. The van der Waals surface area contributed by atoms with Crippen LogP contribution in [0.25, 0.3) is 0 Å². The number of benzene rings is 2. The highest BCUT2D eigenvalue weighted by Crippen LogP contribution is 2.16. The molecule has 0 aliphatic rings. The number of hydrogen-bond acceptors (Lipinski definition) is 2. The molecule has 0 spiro atoms. The van der Waals surface area contributed by atoms with E-state index >= 15 is 0 Å². The second-order valence-corrected chi connectivity index (χ2v) is 4.31. The summed E-state index contributed by atoms with van der Waals surface area (Å²) in [5.74, 6) is 0.499. The predicted molar refractivity (Wildman–Crippen MR) is 72.2 cm³/mol. The second-order valence-electron chi connectivity index (χ2n) is 4.31. The summed E-state index contributed by atoms with van der Waals surface area (Å²) in [6.07, 6.45) is 2.16. The number of ether oxygens (including phenoxy) is 1. The molecule has 19 heavy (non-hydrogen) atoms. The van der Waals surface area contributed by atoms with E-state index in [1.165, 1.54) is 18.2 Å². The summed E-state index contributed by atoms with van der Waals surface area (Å²) in [7, 11) is 1.62. The van der Waals surface area contributed by atoms with Crippen LogP contribution in [0.4, 0.5) is 4.39 Å². The van der Waals surface area contributed by atoms with Gasteiger partial charge in [-0.2, -0.15) is 0 Å². The van der Waals surface area contributed by atoms with Gasteiger partial charge in [-0.05, 0) is 54.3 Å². The fourth-order valence-corrected chi connectivity index (χ4v) is 1.98. The fourth-order valence-electron chi connectivity index (χ4n) is 1.98. The molecule has 2 nitrogen and oxygen atoms in total. The van der Waals surface area contributed by atoms with Crippen molar-refractivity contribution in [1.82, 2.24) is 0 Å². The lowest BCUT2D eigenvalue weighted by molar-refractivity contribution is 0.112. The van der Waals surface area contributed by atoms with Crippen molar-refractivity contribution in [3.63, 3.8) is 0 Å². The van der Waals surface area contributed by atoms with Crippen LogP contribution in [0.3, 0.4) is 0 Å². The minimum absolute atomic E-state index is 0.310. The molecule has 0 aliphatic carbocycles. The number of rotatable bonds is 5. The third-order valence-corrected chi connectivity index (χ3v) is 3.07. The zero-order chi connectivity index (χ0) is 13.7. The highest BCUT2D eigenvalue weighted by molar-refractivity contribution is 5.77. The van der Waals surface area contributed by atoms with Crippen molar-refractivity contribution < 1.29 is 13.9 Å². The van der Waals surface area contributed by atoms with Crippen molar-refractivity contribution >= 4 is 6.29 Å². The molecule has 98 valence electrons. The van der Waals surface area contributed by atoms with Crippen LogP contribution in [0, 0.1) is 5.82 Å². The predicted octanol–water partition coefficient (Wildman–Crippen LogP) is 3.43. The molecular weight excluding hydrogens is 243 g/mol. The molecule has 0 bridgehead atoms. The average molecular weight is 258 g/mol.